The van der Waals surface area contributed by atoms with Crippen molar-refractivity contribution in [3.63, 3.8) is 0 Å². The largest absolute Gasteiger partial charge is 0.301 e. The molecule has 1 heterocycles. The Morgan fingerprint density at radius 2 is 1.75 bits per heavy atom. The summed E-state index contributed by atoms with van der Waals surface area (Å²) in [5, 5.41) is 0. The predicted octanol–water partition coefficient (Wildman–Crippen LogP) is 2.34. The van der Waals surface area contributed by atoms with Crippen LogP contribution in [0.1, 0.15) is 22.7 Å². The zero-order valence-electron chi connectivity index (χ0n) is 14.0. The van der Waals surface area contributed by atoms with Crippen LogP contribution in [0.15, 0.2) is 58.4 Å². The number of nitrogens with zero attached hydrogens (tertiary/aromatic N) is 2. The van der Waals surface area contributed by atoms with Crippen LogP contribution in [0, 0.1) is 6.92 Å². The molecule has 1 unspecified atom stereocenters. The molecule has 0 radical (unpaired) electrons. The second kappa shape index (κ2) is 6.37. The van der Waals surface area contributed by atoms with E-state index in [1.54, 1.807) is 18.2 Å². The Morgan fingerprint density at radius 3 is 2.42 bits per heavy atom. The Kier molecular flexibility index (Phi) is 4.43. The third-order valence-corrected chi connectivity index (χ3v) is 5.57. The number of hydrogen-bond donors (Lipinski definition) is 1. The van der Waals surface area contributed by atoms with Crippen molar-refractivity contribution in [2.45, 2.75) is 17.9 Å². The Labute approximate surface area is 143 Å². The smallest absolute Gasteiger partial charge is 0.263 e. The molecule has 3 rings (SSSR count). The normalized spacial score (nSPS) is 18.4. The van der Waals surface area contributed by atoms with Crippen molar-refractivity contribution in [1.29, 1.82) is 0 Å². The van der Waals surface area contributed by atoms with E-state index in [0.717, 1.165) is 5.56 Å². The van der Waals surface area contributed by atoms with Gasteiger partial charge in [-0.3, -0.25) is 9.71 Å². The summed E-state index contributed by atoms with van der Waals surface area (Å²) in [7, 11) is 0.507. The number of amidine groups is 1. The number of benzene rings is 2. The molecule has 1 aliphatic rings. The summed E-state index contributed by atoms with van der Waals surface area (Å²) in [6.07, 6.45) is 0. The first-order chi connectivity index (χ1) is 11.4. The maximum Gasteiger partial charge on any atom is 0.263 e. The van der Waals surface area contributed by atoms with Crippen molar-refractivity contribution in [2.24, 2.45) is 4.99 Å². The standard InChI is InChI=1S/C18H21N3O2S/c1-13-8-10-14(11-9-13)16(21(2)3)12-19-18-15-6-4-5-7-17(15)24(22,23)20-18/h4-11,16H,12H2,1-3H3,(H,19,20). The van der Waals surface area contributed by atoms with Gasteiger partial charge in [-0.15, -0.1) is 0 Å². The molecule has 2 aromatic rings. The molecular formula is C18H21N3O2S. The van der Waals surface area contributed by atoms with Gasteiger partial charge in [0.1, 0.15) is 5.84 Å². The van der Waals surface area contributed by atoms with Gasteiger partial charge in [0.2, 0.25) is 0 Å². The molecule has 2 aromatic carbocycles. The highest BCUT2D eigenvalue weighted by atomic mass is 32.2. The Morgan fingerprint density at radius 1 is 1.08 bits per heavy atom. The SMILES string of the molecule is Cc1ccc(C(CN=C2NS(=O)(=O)c3ccccc32)N(C)C)cc1. The molecule has 0 saturated heterocycles. The number of nitrogens with one attached hydrogen (secondary N) is 1. The Hall–Kier alpha value is -2.18. The van der Waals surface area contributed by atoms with Gasteiger partial charge in [0.05, 0.1) is 17.5 Å². The average molecular weight is 343 g/mol. The first kappa shape index (κ1) is 16.7. The lowest BCUT2D eigenvalue weighted by Gasteiger charge is -2.23. The van der Waals surface area contributed by atoms with Crippen LogP contribution in [0.5, 0.6) is 0 Å². The first-order valence-electron chi connectivity index (χ1n) is 7.78. The fraction of sp³-hybridized carbons (Fsp3) is 0.278. The maximum atomic E-state index is 12.1. The number of hydrogen-bond acceptors (Lipinski definition) is 4. The van der Waals surface area contributed by atoms with Gasteiger partial charge >= 0.3 is 0 Å². The van der Waals surface area contributed by atoms with Crippen molar-refractivity contribution in [3.05, 3.63) is 65.2 Å². The van der Waals surface area contributed by atoms with Crippen LogP contribution in [0.2, 0.25) is 0 Å². The lowest BCUT2D eigenvalue weighted by Crippen LogP contribution is -2.26. The highest BCUT2D eigenvalue weighted by molar-refractivity contribution is 7.90. The minimum absolute atomic E-state index is 0.0790. The topological polar surface area (TPSA) is 61.8 Å². The average Bonchev–Trinajstić information content (AvgIpc) is 2.80. The van der Waals surface area contributed by atoms with Crippen LogP contribution >= 0.6 is 0 Å². The van der Waals surface area contributed by atoms with Gasteiger partial charge in [0.15, 0.2) is 0 Å². The lowest BCUT2D eigenvalue weighted by molar-refractivity contribution is 0.306. The minimum Gasteiger partial charge on any atom is -0.301 e. The van der Waals surface area contributed by atoms with Gasteiger partial charge in [-0.2, -0.15) is 0 Å². The van der Waals surface area contributed by atoms with E-state index in [2.05, 4.69) is 45.8 Å². The number of sulfonamides is 1. The van der Waals surface area contributed by atoms with E-state index in [4.69, 9.17) is 0 Å². The molecular weight excluding hydrogens is 322 g/mol. The number of fused-ring (bicyclic) bond motifs is 1. The second-order valence-electron chi connectivity index (χ2n) is 6.18. The molecule has 0 saturated carbocycles. The van der Waals surface area contributed by atoms with E-state index >= 15 is 0 Å². The van der Waals surface area contributed by atoms with Crippen LogP contribution in [0.4, 0.5) is 0 Å². The molecule has 126 valence electrons. The van der Waals surface area contributed by atoms with E-state index in [1.807, 2.05) is 20.2 Å². The van der Waals surface area contributed by atoms with Crippen LogP contribution in [0.25, 0.3) is 0 Å². The van der Waals surface area contributed by atoms with Gasteiger partial charge in [0.25, 0.3) is 10.0 Å². The van der Waals surface area contributed by atoms with Crippen molar-refractivity contribution in [2.75, 3.05) is 20.6 Å². The predicted molar refractivity (Wildman–Crippen MR) is 95.8 cm³/mol. The van der Waals surface area contributed by atoms with Crippen LogP contribution < -0.4 is 4.72 Å². The van der Waals surface area contributed by atoms with Gasteiger partial charge in [-0.25, -0.2) is 8.42 Å². The van der Waals surface area contributed by atoms with Crippen LogP contribution in [0.3, 0.4) is 0 Å². The number of aliphatic imine (C=N–C) groups is 1. The number of rotatable bonds is 4. The molecule has 5 nitrogen and oxygen atoms in total. The van der Waals surface area contributed by atoms with Crippen LogP contribution in [-0.2, 0) is 10.0 Å². The summed E-state index contributed by atoms with van der Waals surface area (Å²) >= 11 is 0. The monoisotopic (exact) mass is 343 g/mol. The zero-order valence-corrected chi connectivity index (χ0v) is 14.8. The highest BCUT2D eigenvalue weighted by Crippen LogP contribution is 2.24. The van der Waals surface area contributed by atoms with Crippen molar-refractivity contribution < 1.29 is 8.42 Å². The highest BCUT2D eigenvalue weighted by Gasteiger charge is 2.30. The quantitative estimate of drug-likeness (QED) is 0.927. The molecule has 0 bridgehead atoms. The second-order valence-corrected chi connectivity index (χ2v) is 7.83. The first-order valence-corrected chi connectivity index (χ1v) is 9.26. The number of aryl methyl sites for hydroxylation is 1. The third-order valence-electron chi connectivity index (χ3n) is 4.17. The van der Waals surface area contributed by atoms with Crippen molar-refractivity contribution in [1.82, 2.24) is 9.62 Å². The molecule has 1 atom stereocenters. The van der Waals surface area contributed by atoms with Crippen LogP contribution in [-0.4, -0.2) is 39.8 Å². The number of likely N-dealkylation sites (N-methyl/N-ethyl adjacent to an activating group) is 1. The van der Waals surface area contributed by atoms with Gasteiger partial charge in [-0.1, -0.05) is 42.0 Å². The summed E-state index contributed by atoms with van der Waals surface area (Å²) in [5.74, 6) is 0.421. The van der Waals surface area contributed by atoms with E-state index in [-0.39, 0.29) is 6.04 Å². The summed E-state index contributed by atoms with van der Waals surface area (Å²) in [4.78, 5) is 6.94. The molecule has 0 fully saturated rings. The summed E-state index contributed by atoms with van der Waals surface area (Å²) < 4.78 is 26.8. The Bertz CT molecular complexity index is 871. The van der Waals surface area contributed by atoms with Gasteiger partial charge in [-0.05, 0) is 38.7 Å². The van der Waals surface area contributed by atoms with E-state index in [9.17, 15) is 8.42 Å². The summed E-state index contributed by atoms with van der Waals surface area (Å²) in [6, 6.07) is 15.3. The lowest BCUT2D eigenvalue weighted by atomic mass is 10.0. The third kappa shape index (κ3) is 3.20. The molecule has 0 aromatic heterocycles. The van der Waals surface area contributed by atoms with E-state index < -0.39 is 10.0 Å². The van der Waals surface area contributed by atoms with Gasteiger partial charge < -0.3 is 4.90 Å². The molecule has 1 N–H and O–H groups in total. The fourth-order valence-corrected chi connectivity index (χ4v) is 4.04. The van der Waals surface area contributed by atoms with E-state index in [0.29, 0.717) is 22.8 Å². The summed E-state index contributed by atoms with van der Waals surface area (Å²) in [5.41, 5.74) is 3.00. The molecule has 0 spiro atoms. The molecule has 1 aliphatic heterocycles. The van der Waals surface area contributed by atoms with E-state index in [1.165, 1.54) is 5.56 Å². The fourth-order valence-electron chi connectivity index (χ4n) is 2.78. The Balaban J connectivity index is 1.90. The van der Waals surface area contributed by atoms with Gasteiger partial charge in [0, 0.05) is 5.56 Å². The molecule has 6 heteroatoms. The molecule has 0 aliphatic carbocycles. The van der Waals surface area contributed by atoms with Crippen molar-refractivity contribution >= 4 is 15.9 Å². The maximum absolute atomic E-state index is 12.1. The minimum atomic E-state index is -3.49. The summed E-state index contributed by atoms with van der Waals surface area (Å²) in [6.45, 7) is 2.53. The molecule has 24 heavy (non-hydrogen) atoms. The zero-order chi connectivity index (χ0) is 17.3. The molecule has 0 amide bonds. The van der Waals surface area contributed by atoms with Crippen molar-refractivity contribution in [3.8, 4) is 0 Å².